The summed E-state index contributed by atoms with van der Waals surface area (Å²) >= 11 is 1.58. The van der Waals surface area contributed by atoms with Crippen molar-refractivity contribution in [2.45, 2.75) is 30.9 Å². The molecule has 2 atom stereocenters. The molecule has 1 spiro atoms. The topological polar surface area (TPSA) is 78.9 Å². The van der Waals surface area contributed by atoms with Crippen LogP contribution in [-0.2, 0) is 16.8 Å². The fourth-order valence-corrected chi connectivity index (χ4v) is 4.72. The number of aliphatic hydroxyl groups excluding tert-OH is 1. The van der Waals surface area contributed by atoms with Crippen LogP contribution in [0.1, 0.15) is 23.3 Å². The number of carbonyl (C=O) groups is 2. The summed E-state index contributed by atoms with van der Waals surface area (Å²) in [5.41, 5.74) is -0.173. The number of hydrogen-bond acceptors (Lipinski definition) is 5. The number of β-amino-alcohol motifs (C(OH)–C–C–N with tert-alkyl or cyclic N) is 1. The normalized spacial score (nSPS) is 22.7. The number of aliphatic hydroxyl groups is 1. The minimum Gasteiger partial charge on any atom is -0.488 e. The third-order valence-electron chi connectivity index (χ3n) is 5.00. The summed E-state index contributed by atoms with van der Waals surface area (Å²) in [6.45, 7) is -0.435. The SMILES string of the molecule is O=C1N[C@@]2(CCCc3sccc32)C(=O)N1C[C@@H](O)COc1ccccc1F. The molecular formula is C19H19FN2O4S. The first-order valence-corrected chi connectivity index (χ1v) is 9.65. The molecule has 3 amide bonds. The molecule has 1 aromatic carbocycles. The number of halogens is 1. The molecule has 1 aliphatic carbocycles. The van der Waals surface area contributed by atoms with Crippen LogP contribution in [0.4, 0.5) is 9.18 Å². The van der Waals surface area contributed by atoms with E-state index in [-0.39, 0.29) is 24.8 Å². The Balaban J connectivity index is 1.45. The fourth-order valence-electron chi connectivity index (χ4n) is 3.72. The molecule has 6 nitrogen and oxygen atoms in total. The molecule has 1 aromatic heterocycles. The van der Waals surface area contributed by atoms with E-state index in [1.54, 1.807) is 17.4 Å². The molecule has 1 aliphatic heterocycles. The lowest BCUT2D eigenvalue weighted by Crippen LogP contribution is -2.46. The maximum atomic E-state index is 13.6. The number of rotatable bonds is 5. The van der Waals surface area contributed by atoms with Gasteiger partial charge in [0.05, 0.1) is 6.54 Å². The number of carbonyl (C=O) groups excluding carboxylic acids is 2. The van der Waals surface area contributed by atoms with E-state index in [2.05, 4.69) is 5.32 Å². The number of nitrogens with one attached hydrogen (secondary N) is 1. The summed E-state index contributed by atoms with van der Waals surface area (Å²) in [6.07, 6.45) is 1.13. The van der Waals surface area contributed by atoms with Gasteiger partial charge in [0.25, 0.3) is 5.91 Å². The highest BCUT2D eigenvalue weighted by molar-refractivity contribution is 7.10. The zero-order valence-electron chi connectivity index (χ0n) is 14.5. The third-order valence-corrected chi connectivity index (χ3v) is 5.98. The second-order valence-electron chi connectivity index (χ2n) is 6.76. The summed E-state index contributed by atoms with van der Waals surface area (Å²) < 4.78 is 18.9. The molecule has 8 heteroatoms. The van der Waals surface area contributed by atoms with Crippen LogP contribution in [0.15, 0.2) is 35.7 Å². The minimum atomic E-state index is -1.13. The number of amides is 3. The lowest BCUT2D eigenvalue weighted by atomic mass is 9.80. The highest BCUT2D eigenvalue weighted by Crippen LogP contribution is 2.42. The predicted octanol–water partition coefficient (Wildman–Crippen LogP) is 2.41. The van der Waals surface area contributed by atoms with Gasteiger partial charge in [-0.1, -0.05) is 12.1 Å². The third kappa shape index (κ3) is 3.08. The summed E-state index contributed by atoms with van der Waals surface area (Å²) in [5.74, 6) is -0.872. The highest BCUT2D eigenvalue weighted by Gasteiger charge is 2.54. The van der Waals surface area contributed by atoms with Crippen LogP contribution in [-0.4, -0.2) is 41.2 Å². The quantitative estimate of drug-likeness (QED) is 0.769. The van der Waals surface area contributed by atoms with Gasteiger partial charge in [-0.3, -0.25) is 9.69 Å². The Morgan fingerprint density at radius 3 is 2.96 bits per heavy atom. The smallest absolute Gasteiger partial charge is 0.325 e. The molecule has 1 fully saturated rings. The number of para-hydroxylation sites is 1. The van der Waals surface area contributed by atoms with Crippen LogP contribution in [0.5, 0.6) is 5.75 Å². The Kier molecular flexibility index (Phi) is 4.61. The largest absolute Gasteiger partial charge is 0.488 e. The molecule has 1 saturated heterocycles. The molecule has 0 radical (unpaired) electrons. The van der Waals surface area contributed by atoms with Crippen molar-refractivity contribution in [1.82, 2.24) is 10.2 Å². The number of thiophene rings is 1. The van der Waals surface area contributed by atoms with Crippen molar-refractivity contribution in [2.24, 2.45) is 0 Å². The van der Waals surface area contributed by atoms with Crippen LogP contribution in [0.25, 0.3) is 0 Å². The number of nitrogens with zero attached hydrogens (tertiary/aromatic N) is 1. The number of benzene rings is 1. The van der Waals surface area contributed by atoms with E-state index >= 15 is 0 Å². The van der Waals surface area contributed by atoms with E-state index in [1.165, 1.54) is 18.2 Å². The second kappa shape index (κ2) is 6.94. The Morgan fingerprint density at radius 1 is 1.33 bits per heavy atom. The Morgan fingerprint density at radius 2 is 2.15 bits per heavy atom. The van der Waals surface area contributed by atoms with E-state index in [4.69, 9.17) is 4.74 Å². The maximum Gasteiger partial charge on any atom is 0.325 e. The van der Waals surface area contributed by atoms with Gasteiger partial charge in [-0.05, 0) is 42.8 Å². The van der Waals surface area contributed by atoms with Crippen molar-refractivity contribution >= 4 is 23.3 Å². The zero-order chi connectivity index (χ0) is 19.0. The molecule has 142 valence electrons. The number of urea groups is 1. The molecule has 2 aliphatic rings. The summed E-state index contributed by atoms with van der Waals surface area (Å²) in [5, 5.41) is 15.0. The average molecular weight is 390 g/mol. The lowest BCUT2D eigenvalue weighted by Gasteiger charge is -2.31. The number of aryl methyl sites for hydroxylation is 1. The van der Waals surface area contributed by atoms with Crippen LogP contribution in [0, 0.1) is 5.82 Å². The van der Waals surface area contributed by atoms with Gasteiger partial charge in [0.1, 0.15) is 18.2 Å². The van der Waals surface area contributed by atoms with Gasteiger partial charge in [0.2, 0.25) is 0 Å². The standard InChI is InChI=1S/C19H19FN2O4S/c20-14-4-1-2-5-15(14)26-11-12(23)10-22-17(24)19(21-18(22)25)8-3-6-16-13(19)7-9-27-16/h1-2,4-5,7,9,12,23H,3,6,8,10-11H2,(H,21,25)/t12-,19-/m1/s1. The Bertz CT molecular complexity index is 886. The number of hydrogen-bond donors (Lipinski definition) is 2. The van der Waals surface area contributed by atoms with Crippen molar-refractivity contribution in [2.75, 3.05) is 13.2 Å². The Hall–Kier alpha value is -2.45. The van der Waals surface area contributed by atoms with Crippen LogP contribution in [0.2, 0.25) is 0 Å². The number of fused-ring (bicyclic) bond motifs is 2. The molecule has 4 rings (SSSR count). The number of imide groups is 1. The maximum absolute atomic E-state index is 13.6. The average Bonchev–Trinajstić information content (AvgIpc) is 3.22. The van der Waals surface area contributed by atoms with E-state index in [0.717, 1.165) is 28.2 Å². The molecule has 2 heterocycles. The number of ether oxygens (including phenoxy) is 1. The van der Waals surface area contributed by atoms with Gasteiger partial charge in [0, 0.05) is 10.4 Å². The van der Waals surface area contributed by atoms with Gasteiger partial charge in [0.15, 0.2) is 11.6 Å². The van der Waals surface area contributed by atoms with E-state index < -0.39 is 23.5 Å². The first kappa shape index (κ1) is 17.9. The first-order valence-electron chi connectivity index (χ1n) is 8.77. The van der Waals surface area contributed by atoms with Crippen LogP contribution in [0.3, 0.4) is 0 Å². The van der Waals surface area contributed by atoms with Gasteiger partial charge < -0.3 is 15.2 Å². The summed E-state index contributed by atoms with van der Waals surface area (Å²) in [7, 11) is 0. The monoisotopic (exact) mass is 390 g/mol. The Labute approximate surface area is 159 Å². The molecule has 2 aromatic rings. The molecular weight excluding hydrogens is 371 g/mol. The van der Waals surface area contributed by atoms with Crippen LogP contribution >= 0.6 is 11.3 Å². The summed E-state index contributed by atoms with van der Waals surface area (Å²) in [4.78, 5) is 27.6. The lowest BCUT2D eigenvalue weighted by molar-refractivity contribution is -0.133. The van der Waals surface area contributed by atoms with Gasteiger partial charge >= 0.3 is 6.03 Å². The van der Waals surface area contributed by atoms with E-state index in [0.29, 0.717) is 6.42 Å². The molecule has 0 bridgehead atoms. The van der Waals surface area contributed by atoms with Crippen molar-refractivity contribution in [3.05, 3.63) is 52.0 Å². The molecule has 0 unspecified atom stereocenters. The van der Waals surface area contributed by atoms with Crippen molar-refractivity contribution < 1.29 is 23.8 Å². The van der Waals surface area contributed by atoms with Gasteiger partial charge in [-0.2, -0.15) is 0 Å². The van der Waals surface area contributed by atoms with Crippen molar-refractivity contribution in [3.63, 3.8) is 0 Å². The zero-order valence-corrected chi connectivity index (χ0v) is 15.3. The summed E-state index contributed by atoms with van der Waals surface area (Å²) in [6, 6.07) is 7.22. The van der Waals surface area contributed by atoms with E-state index in [9.17, 15) is 19.1 Å². The second-order valence-corrected chi connectivity index (χ2v) is 7.76. The molecule has 2 N–H and O–H groups in total. The molecule has 27 heavy (non-hydrogen) atoms. The van der Waals surface area contributed by atoms with Gasteiger partial charge in [-0.15, -0.1) is 11.3 Å². The van der Waals surface area contributed by atoms with Crippen LogP contribution < -0.4 is 10.1 Å². The predicted molar refractivity (Wildman–Crippen MR) is 97.1 cm³/mol. The van der Waals surface area contributed by atoms with Crippen molar-refractivity contribution in [1.29, 1.82) is 0 Å². The van der Waals surface area contributed by atoms with Gasteiger partial charge in [-0.25, -0.2) is 9.18 Å². The molecule has 0 saturated carbocycles. The van der Waals surface area contributed by atoms with E-state index in [1.807, 2.05) is 11.4 Å². The minimum absolute atomic E-state index is 0.0143. The fraction of sp³-hybridized carbons (Fsp3) is 0.368. The first-order chi connectivity index (χ1) is 13.0. The highest BCUT2D eigenvalue weighted by atomic mass is 32.1. The van der Waals surface area contributed by atoms with Crippen molar-refractivity contribution in [3.8, 4) is 5.75 Å².